The standard InChI is InChI=1S/C27H30N6O3/c1-31-9-11-32(12-10-31)17-22(34)28-21-4-2-3-20-23(21)27(35)24-25(29-30-26(20)24)18-5-7-19(8-6-18)33-13-15-36-16-14-33/h2-8,26H,9-17H2,1H3,(H,28,34). The summed E-state index contributed by atoms with van der Waals surface area (Å²) in [6.07, 6.45) is 0. The molecule has 2 aromatic carbocycles. The molecule has 0 aromatic heterocycles. The number of piperazine rings is 1. The van der Waals surface area contributed by atoms with Gasteiger partial charge in [0.1, 0.15) is 11.7 Å². The van der Waals surface area contributed by atoms with Crippen LogP contribution in [0.1, 0.15) is 27.5 Å². The first-order valence-corrected chi connectivity index (χ1v) is 12.5. The van der Waals surface area contributed by atoms with Gasteiger partial charge in [-0.05, 0) is 30.8 Å². The number of ketones is 1. The summed E-state index contributed by atoms with van der Waals surface area (Å²) in [5.74, 6) is -0.213. The highest BCUT2D eigenvalue weighted by Gasteiger charge is 2.42. The third kappa shape index (κ3) is 4.23. The molecule has 0 spiro atoms. The Hall–Kier alpha value is -3.40. The van der Waals surface area contributed by atoms with Crippen LogP contribution in [0.25, 0.3) is 5.70 Å². The molecule has 3 heterocycles. The summed E-state index contributed by atoms with van der Waals surface area (Å²) in [6.45, 7) is 7.13. The molecule has 0 bridgehead atoms. The van der Waals surface area contributed by atoms with Crippen molar-refractivity contribution in [3.63, 3.8) is 0 Å². The smallest absolute Gasteiger partial charge is 0.238 e. The van der Waals surface area contributed by atoms with Gasteiger partial charge >= 0.3 is 0 Å². The number of Topliss-reactive ketones (excluding diaryl/α,β-unsaturated/α-hetero) is 1. The minimum atomic E-state index is -0.420. The van der Waals surface area contributed by atoms with Crippen molar-refractivity contribution in [3.8, 4) is 0 Å². The molecule has 1 unspecified atom stereocenters. The first-order valence-electron chi connectivity index (χ1n) is 12.5. The number of nitrogens with one attached hydrogen (secondary N) is 1. The zero-order chi connectivity index (χ0) is 24.6. The Morgan fingerprint density at radius 3 is 2.53 bits per heavy atom. The molecule has 1 amide bonds. The Kier molecular flexibility index (Phi) is 6.12. The predicted octanol–water partition coefficient (Wildman–Crippen LogP) is 2.82. The van der Waals surface area contributed by atoms with Crippen molar-refractivity contribution >= 4 is 28.8 Å². The molecule has 1 N–H and O–H groups in total. The molecule has 1 atom stereocenters. The molecule has 2 saturated heterocycles. The van der Waals surface area contributed by atoms with E-state index in [1.807, 2.05) is 24.3 Å². The fraction of sp³-hybridized carbons (Fsp3) is 0.407. The summed E-state index contributed by atoms with van der Waals surface area (Å²) in [6, 6.07) is 13.3. The van der Waals surface area contributed by atoms with Crippen molar-refractivity contribution in [2.24, 2.45) is 10.2 Å². The molecule has 36 heavy (non-hydrogen) atoms. The number of anilines is 2. The molecule has 0 radical (unpaired) electrons. The van der Waals surface area contributed by atoms with Crippen LogP contribution in [0.4, 0.5) is 11.4 Å². The number of hydrogen-bond acceptors (Lipinski definition) is 8. The number of benzene rings is 2. The zero-order valence-corrected chi connectivity index (χ0v) is 20.4. The maximum absolute atomic E-state index is 13.6. The summed E-state index contributed by atoms with van der Waals surface area (Å²) in [7, 11) is 2.09. The summed E-state index contributed by atoms with van der Waals surface area (Å²) >= 11 is 0. The monoisotopic (exact) mass is 486 g/mol. The maximum Gasteiger partial charge on any atom is 0.238 e. The van der Waals surface area contributed by atoms with Gasteiger partial charge in [0.05, 0.1) is 36.6 Å². The van der Waals surface area contributed by atoms with Crippen LogP contribution in [0, 0.1) is 0 Å². The lowest BCUT2D eigenvalue weighted by atomic mass is 10.0. The van der Waals surface area contributed by atoms with Gasteiger partial charge < -0.3 is 19.9 Å². The van der Waals surface area contributed by atoms with Gasteiger partial charge in [0.15, 0.2) is 5.78 Å². The third-order valence-corrected chi connectivity index (χ3v) is 7.42. The zero-order valence-electron chi connectivity index (χ0n) is 20.4. The average molecular weight is 487 g/mol. The van der Waals surface area contributed by atoms with Crippen LogP contribution < -0.4 is 10.2 Å². The molecule has 3 aliphatic heterocycles. The Morgan fingerprint density at radius 2 is 1.78 bits per heavy atom. The number of amides is 1. The normalized spacial score (nSPS) is 22.2. The number of carbonyl (C=O) groups is 2. The van der Waals surface area contributed by atoms with E-state index in [2.05, 4.69) is 49.4 Å². The SMILES string of the molecule is CN1CCN(CC(=O)Nc2cccc3c2C(=O)C2=C(c4ccc(N5CCOCC5)cc4)N=NC23)CC1. The maximum atomic E-state index is 13.6. The van der Waals surface area contributed by atoms with Crippen LogP contribution in [0.15, 0.2) is 58.3 Å². The lowest BCUT2D eigenvalue weighted by Gasteiger charge is -2.31. The topological polar surface area (TPSA) is 89.8 Å². The first-order chi connectivity index (χ1) is 17.6. The van der Waals surface area contributed by atoms with E-state index in [-0.39, 0.29) is 11.7 Å². The lowest BCUT2D eigenvalue weighted by Crippen LogP contribution is -2.47. The molecule has 0 saturated carbocycles. The van der Waals surface area contributed by atoms with E-state index in [1.54, 1.807) is 6.07 Å². The summed E-state index contributed by atoms with van der Waals surface area (Å²) in [4.78, 5) is 33.1. The molecule has 186 valence electrons. The highest BCUT2D eigenvalue weighted by atomic mass is 16.5. The van der Waals surface area contributed by atoms with Gasteiger partial charge in [0, 0.05) is 50.5 Å². The Balaban J connectivity index is 1.22. The second-order valence-electron chi connectivity index (χ2n) is 9.75. The van der Waals surface area contributed by atoms with Crippen LogP contribution >= 0.6 is 0 Å². The van der Waals surface area contributed by atoms with Gasteiger partial charge in [-0.3, -0.25) is 14.5 Å². The Labute approximate surface area is 210 Å². The number of fused-ring (bicyclic) bond motifs is 3. The highest BCUT2D eigenvalue weighted by molar-refractivity contribution is 6.22. The Bertz CT molecular complexity index is 1240. The Morgan fingerprint density at radius 1 is 1.03 bits per heavy atom. The van der Waals surface area contributed by atoms with Crippen LogP contribution in [0.3, 0.4) is 0 Å². The molecule has 2 fully saturated rings. The van der Waals surface area contributed by atoms with Gasteiger partial charge in [-0.2, -0.15) is 10.2 Å². The predicted molar refractivity (Wildman–Crippen MR) is 137 cm³/mol. The van der Waals surface area contributed by atoms with Gasteiger partial charge in [-0.15, -0.1) is 0 Å². The van der Waals surface area contributed by atoms with Gasteiger partial charge in [-0.1, -0.05) is 24.3 Å². The van der Waals surface area contributed by atoms with Crippen LogP contribution in [0.2, 0.25) is 0 Å². The van der Waals surface area contributed by atoms with Crippen molar-refractivity contribution in [1.82, 2.24) is 9.80 Å². The molecule has 2 aromatic rings. The van der Waals surface area contributed by atoms with Crippen LogP contribution in [-0.4, -0.2) is 87.6 Å². The number of rotatable bonds is 5. The average Bonchev–Trinajstić information content (AvgIpc) is 3.46. The van der Waals surface area contributed by atoms with Crippen molar-refractivity contribution < 1.29 is 14.3 Å². The fourth-order valence-electron chi connectivity index (χ4n) is 5.36. The molecule has 4 aliphatic rings. The summed E-state index contributed by atoms with van der Waals surface area (Å²) in [5.41, 5.74) is 5.09. The number of nitrogens with zero attached hydrogens (tertiary/aromatic N) is 5. The van der Waals surface area contributed by atoms with E-state index in [9.17, 15) is 9.59 Å². The third-order valence-electron chi connectivity index (χ3n) is 7.42. The largest absolute Gasteiger partial charge is 0.378 e. The quantitative estimate of drug-likeness (QED) is 0.699. The number of ether oxygens (including phenoxy) is 1. The molecular weight excluding hydrogens is 456 g/mol. The summed E-state index contributed by atoms with van der Waals surface area (Å²) in [5, 5.41) is 11.9. The minimum absolute atomic E-state index is 0.104. The van der Waals surface area contributed by atoms with Gasteiger partial charge in [-0.25, -0.2) is 0 Å². The van der Waals surface area contributed by atoms with E-state index in [0.717, 1.165) is 69.3 Å². The van der Waals surface area contributed by atoms with E-state index in [4.69, 9.17) is 4.74 Å². The van der Waals surface area contributed by atoms with E-state index >= 15 is 0 Å². The second kappa shape index (κ2) is 9.57. The summed E-state index contributed by atoms with van der Waals surface area (Å²) < 4.78 is 5.45. The number of carbonyl (C=O) groups excluding carboxylic acids is 2. The molecule has 6 rings (SSSR count). The number of likely N-dealkylation sites (N-methyl/N-ethyl adjacent to an activating group) is 1. The van der Waals surface area contributed by atoms with E-state index in [1.165, 1.54) is 0 Å². The fourth-order valence-corrected chi connectivity index (χ4v) is 5.36. The van der Waals surface area contributed by atoms with Gasteiger partial charge in [0.2, 0.25) is 5.91 Å². The van der Waals surface area contributed by atoms with Crippen molar-refractivity contribution in [1.29, 1.82) is 0 Å². The lowest BCUT2D eigenvalue weighted by molar-refractivity contribution is -0.117. The van der Waals surface area contributed by atoms with Crippen molar-refractivity contribution in [3.05, 3.63) is 64.7 Å². The minimum Gasteiger partial charge on any atom is -0.378 e. The second-order valence-corrected chi connectivity index (χ2v) is 9.75. The van der Waals surface area contributed by atoms with Gasteiger partial charge in [0.25, 0.3) is 0 Å². The van der Waals surface area contributed by atoms with Crippen LogP contribution in [0.5, 0.6) is 0 Å². The number of azo groups is 1. The molecule has 9 nitrogen and oxygen atoms in total. The number of morpholine rings is 1. The van der Waals surface area contributed by atoms with E-state index in [0.29, 0.717) is 29.1 Å². The number of hydrogen-bond donors (Lipinski definition) is 1. The molecular formula is C27H30N6O3. The highest BCUT2D eigenvalue weighted by Crippen LogP contribution is 2.49. The van der Waals surface area contributed by atoms with Crippen LogP contribution in [-0.2, 0) is 9.53 Å². The first kappa shape index (κ1) is 23.0. The van der Waals surface area contributed by atoms with Crippen molar-refractivity contribution in [2.45, 2.75) is 6.04 Å². The van der Waals surface area contributed by atoms with E-state index < -0.39 is 6.04 Å². The molecule has 1 aliphatic carbocycles. The molecule has 9 heteroatoms. The van der Waals surface area contributed by atoms with Crippen molar-refractivity contribution in [2.75, 3.05) is 76.3 Å².